The largest absolute Gasteiger partial charge is 0.399 e. The summed E-state index contributed by atoms with van der Waals surface area (Å²) < 4.78 is 13.1. The Labute approximate surface area is 153 Å². The van der Waals surface area contributed by atoms with Crippen LogP contribution in [0, 0.1) is 5.82 Å². The summed E-state index contributed by atoms with van der Waals surface area (Å²) in [5.74, 6) is -0.251. The zero-order valence-electron chi connectivity index (χ0n) is 14.9. The molecule has 3 rings (SSSR count). The van der Waals surface area contributed by atoms with E-state index in [4.69, 9.17) is 4.84 Å². The number of hydrogen-bond acceptors (Lipinski definition) is 3. The van der Waals surface area contributed by atoms with Gasteiger partial charge in [-0.1, -0.05) is 59.8 Å². The summed E-state index contributed by atoms with van der Waals surface area (Å²) in [4.78, 5) is 4.92. The molecule has 0 aliphatic rings. The maximum Gasteiger partial charge on any atom is 0.123 e. The fourth-order valence-electron chi connectivity index (χ4n) is 2.95. The third kappa shape index (κ3) is 4.90. The lowest BCUT2D eigenvalue weighted by Gasteiger charge is -2.08. The standard InChI is InChI=1S/C22H23FN2O/c1-26-25-22(19-8-10-21(23)11-9-19)13-15-24-14-12-17-6-7-18-4-2-3-5-20(18)16-17/h2-11,16,24H,12-15H2,1H3/b25-22-. The van der Waals surface area contributed by atoms with E-state index >= 15 is 0 Å². The summed E-state index contributed by atoms with van der Waals surface area (Å²) in [6.45, 7) is 1.68. The van der Waals surface area contributed by atoms with Crippen LogP contribution in [0.3, 0.4) is 0 Å². The Kier molecular flexibility index (Phi) is 6.34. The van der Waals surface area contributed by atoms with Gasteiger partial charge in [-0.25, -0.2) is 4.39 Å². The molecule has 0 heterocycles. The van der Waals surface area contributed by atoms with Gasteiger partial charge in [-0.3, -0.25) is 0 Å². The highest BCUT2D eigenvalue weighted by atomic mass is 19.1. The Morgan fingerprint density at radius 3 is 2.50 bits per heavy atom. The van der Waals surface area contributed by atoms with E-state index < -0.39 is 0 Å². The molecule has 3 aromatic rings. The van der Waals surface area contributed by atoms with Crippen LogP contribution in [0.25, 0.3) is 10.8 Å². The summed E-state index contributed by atoms with van der Waals surface area (Å²) in [5, 5.41) is 10.1. The molecule has 26 heavy (non-hydrogen) atoms. The molecular formula is C22H23FN2O. The lowest BCUT2D eigenvalue weighted by molar-refractivity contribution is 0.213. The fourth-order valence-corrected chi connectivity index (χ4v) is 2.95. The zero-order chi connectivity index (χ0) is 18.2. The Balaban J connectivity index is 1.49. The number of nitrogens with zero attached hydrogens (tertiary/aromatic N) is 1. The van der Waals surface area contributed by atoms with E-state index in [0.29, 0.717) is 0 Å². The average Bonchev–Trinajstić information content (AvgIpc) is 2.67. The predicted molar refractivity (Wildman–Crippen MR) is 105 cm³/mol. The number of hydrogen-bond donors (Lipinski definition) is 1. The summed E-state index contributed by atoms with van der Waals surface area (Å²) in [6, 6.07) is 21.3. The first kappa shape index (κ1) is 18.1. The van der Waals surface area contributed by atoms with Crippen molar-refractivity contribution in [2.24, 2.45) is 5.16 Å². The number of oxime groups is 1. The topological polar surface area (TPSA) is 33.6 Å². The van der Waals surface area contributed by atoms with Crippen LogP contribution in [0.1, 0.15) is 17.5 Å². The summed E-state index contributed by atoms with van der Waals surface area (Å²) in [7, 11) is 1.52. The van der Waals surface area contributed by atoms with Crippen LogP contribution in [0.2, 0.25) is 0 Å². The van der Waals surface area contributed by atoms with Crippen LogP contribution in [0.5, 0.6) is 0 Å². The predicted octanol–water partition coefficient (Wildman–Crippen LogP) is 4.55. The van der Waals surface area contributed by atoms with Gasteiger partial charge in [0, 0.05) is 13.0 Å². The number of nitrogens with one attached hydrogen (secondary N) is 1. The van der Waals surface area contributed by atoms with Gasteiger partial charge >= 0.3 is 0 Å². The van der Waals surface area contributed by atoms with Gasteiger partial charge in [0.05, 0.1) is 5.71 Å². The van der Waals surface area contributed by atoms with Crippen molar-refractivity contribution in [1.82, 2.24) is 5.32 Å². The van der Waals surface area contributed by atoms with Crippen molar-refractivity contribution in [3.63, 3.8) is 0 Å². The van der Waals surface area contributed by atoms with Crippen LogP contribution in [-0.4, -0.2) is 25.9 Å². The van der Waals surface area contributed by atoms with E-state index in [1.807, 2.05) is 0 Å². The number of halogens is 1. The molecule has 0 aromatic heterocycles. The molecule has 0 atom stereocenters. The number of fused-ring (bicyclic) bond motifs is 1. The second-order valence-corrected chi connectivity index (χ2v) is 6.16. The SMILES string of the molecule is CO/N=C(/CCNCCc1ccc2ccccc2c1)c1ccc(F)cc1. The first-order valence-electron chi connectivity index (χ1n) is 8.80. The molecule has 0 aliphatic carbocycles. The van der Waals surface area contributed by atoms with Crippen LogP contribution in [-0.2, 0) is 11.3 Å². The normalized spacial score (nSPS) is 11.7. The number of rotatable bonds is 8. The minimum absolute atomic E-state index is 0.251. The first-order chi connectivity index (χ1) is 12.8. The lowest BCUT2D eigenvalue weighted by atomic mass is 10.1. The molecule has 0 fully saturated rings. The Morgan fingerprint density at radius 1 is 0.962 bits per heavy atom. The van der Waals surface area contributed by atoms with Gasteiger partial charge in [0.2, 0.25) is 0 Å². The van der Waals surface area contributed by atoms with Crippen LogP contribution < -0.4 is 5.32 Å². The van der Waals surface area contributed by atoms with Crippen LogP contribution >= 0.6 is 0 Å². The minimum atomic E-state index is -0.251. The van der Waals surface area contributed by atoms with E-state index in [0.717, 1.165) is 37.2 Å². The highest BCUT2D eigenvalue weighted by Crippen LogP contribution is 2.15. The van der Waals surface area contributed by atoms with E-state index in [9.17, 15) is 4.39 Å². The molecule has 0 spiro atoms. The lowest BCUT2D eigenvalue weighted by Crippen LogP contribution is -2.21. The van der Waals surface area contributed by atoms with E-state index in [1.165, 1.54) is 35.6 Å². The van der Waals surface area contributed by atoms with Crippen molar-refractivity contribution in [3.05, 3.63) is 83.7 Å². The van der Waals surface area contributed by atoms with E-state index in [-0.39, 0.29) is 5.82 Å². The van der Waals surface area contributed by atoms with Crippen LogP contribution in [0.15, 0.2) is 71.9 Å². The highest BCUT2D eigenvalue weighted by molar-refractivity contribution is 6.00. The molecule has 0 amide bonds. The van der Waals surface area contributed by atoms with Gasteiger partial charge in [-0.2, -0.15) is 0 Å². The van der Waals surface area contributed by atoms with Crippen molar-refractivity contribution in [1.29, 1.82) is 0 Å². The highest BCUT2D eigenvalue weighted by Gasteiger charge is 2.05. The maximum atomic E-state index is 13.1. The molecule has 1 N–H and O–H groups in total. The van der Waals surface area contributed by atoms with Crippen molar-refractivity contribution >= 4 is 16.5 Å². The Bertz CT molecular complexity index is 875. The summed E-state index contributed by atoms with van der Waals surface area (Å²) in [5.41, 5.74) is 3.01. The smallest absolute Gasteiger partial charge is 0.123 e. The minimum Gasteiger partial charge on any atom is -0.399 e. The second kappa shape index (κ2) is 9.11. The number of benzene rings is 3. The van der Waals surface area contributed by atoms with Gasteiger partial charge in [0.25, 0.3) is 0 Å². The molecule has 4 heteroatoms. The molecule has 0 saturated carbocycles. The van der Waals surface area contributed by atoms with Gasteiger partial charge in [-0.15, -0.1) is 0 Å². The van der Waals surface area contributed by atoms with E-state index in [2.05, 4.69) is 52.9 Å². The molecule has 3 aromatic carbocycles. The Morgan fingerprint density at radius 2 is 1.73 bits per heavy atom. The molecule has 0 aliphatic heterocycles. The summed E-state index contributed by atoms with van der Waals surface area (Å²) >= 11 is 0. The third-order valence-corrected chi connectivity index (χ3v) is 4.32. The molecular weight excluding hydrogens is 327 g/mol. The molecule has 0 radical (unpaired) electrons. The third-order valence-electron chi connectivity index (χ3n) is 4.32. The van der Waals surface area contributed by atoms with Gasteiger partial charge in [0.1, 0.15) is 12.9 Å². The van der Waals surface area contributed by atoms with Gasteiger partial charge < -0.3 is 10.2 Å². The molecule has 0 bridgehead atoms. The molecule has 0 unspecified atom stereocenters. The molecule has 0 saturated heterocycles. The van der Waals surface area contributed by atoms with Crippen molar-refractivity contribution in [2.45, 2.75) is 12.8 Å². The average molecular weight is 350 g/mol. The molecule has 3 nitrogen and oxygen atoms in total. The quantitative estimate of drug-likeness (QED) is 0.367. The van der Waals surface area contributed by atoms with Gasteiger partial charge in [0.15, 0.2) is 0 Å². The van der Waals surface area contributed by atoms with Gasteiger partial charge in [-0.05, 0) is 47.0 Å². The fraction of sp³-hybridized carbons (Fsp3) is 0.227. The maximum absolute atomic E-state index is 13.1. The monoisotopic (exact) mass is 350 g/mol. The zero-order valence-corrected chi connectivity index (χ0v) is 14.9. The van der Waals surface area contributed by atoms with Crippen molar-refractivity contribution < 1.29 is 9.23 Å². The van der Waals surface area contributed by atoms with Crippen molar-refractivity contribution in [3.8, 4) is 0 Å². The summed E-state index contributed by atoms with van der Waals surface area (Å²) in [6.07, 6.45) is 1.69. The first-order valence-corrected chi connectivity index (χ1v) is 8.80. The Hall–Kier alpha value is -2.72. The van der Waals surface area contributed by atoms with Crippen molar-refractivity contribution in [2.75, 3.05) is 20.2 Å². The second-order valence-electron chi connectivity index (χ2n) is 6.16. The van der Waals surface area contributed by atoms with Crippen LogP contribution in [0.4, 0.5) is 4.39 Å². The molecule has 134 valence electrons. The van der Waals surface area contributed by atoms with E-state index in [1.54, 1.807) is 12.1 Å².